The van der Waals surface area contributed by atoms with Crippen molar-refractivity contribution in [2.75, 3.05) is 20.8 Å². The molecule has 0 saturated heterocycles. The molecule has 1 aromatic carbocycles. The summed E-state index contributed by atoms with van der Waals surface area (Å²) in [6.45, 7) is 3.92. The van der Waals surface area contributed by atoms with E-state index in [2.05, 4.69) is 22.2 Å². The van der Waals surface area contributed by atoms with Crippen LogP contribution in [0, 0.1) is 0 Å². The third-order valence-corrected chi connectivity index (χ3v) is 3.07. The van der Waals surface area contributed by atoms with E-state index in [1.165, 1.54) is 0 Å². The Morgan fingerprint density at radius 3 is 2.14 bits per heavy atom. The van der Waals surface area contributed by atoms with Crippen molar-refractivity contribution < 1.29 is 9.47 Å². The van der Waals surface area contributed by atoms with Crippen molar-refractivity contribution in [2.24, 2.45) is 0 Å². The van der Waals surface area contributed by atoms with Crippen LogP contribution in [-0.4, -0.2) is 30.7 Å². The monoisotopic (exact) mass is 287 g/mol. The van der Waals surface area contributed by atoms with Gasteiger partial charge in [0.05, 0.1) is 14.2 Å². The Hall–Kier alpha value is -2.14. The molecule has 0 atom stereocenters. The zero-order valence-electron chi connectivity index (χ0n) is 12.7. The van der Waals surface area contributed by atoms with E-state index in [0.717, 1.165) is 42.1 Å². The van der Waals surface area contributed by atoms with E-state index in [4.69, 9.17) is 9.47 Å². The van der Waals surface area contributed by atoms with Gasteiger partial charge in [-0.1, -0.05) is 6.92 Å². The van der Waals surface area contributed by atoms with Crippen molar-refractivity contribution in [3.05, 3.63) is 36.2 Å². The van der Waals surface area contributed by atoms with Gasteiger partial charge in [0, 0.05) is 36.1 Å². The van der Waals surface area contributed by atoms with Crippen LogP contribution >= 0.6 is 0 Å². The van der Waals surface area contributed by atoms with Crippen LogP contribution < -0.4 is 14.8 Å². The number of nitrogens with one attached hydrogen (secondary N) is 1. The molecule has 0 radical (unpaired) electrons. The molecule has 1 aromatic heterocycles. The molecule has 0 saturated carbocycles. The first-order valence-corrected chi connectivity index (χ1v) is 7.02. The van der Waals surface area contributed by atoms with E-state index < -0.39 is 0 Å². The van der Waals surface area contributed by atoms with Gasteiger partial charge in [0.15, 0.2) is 5.82 Å². The van der Waals surface area contributed by atoms with Crippen LogP contribution in [0.2, 0.25) is 0 Å². The standard InChI is InChI=1S/C16H21N3O2/c1-4-5-17-9-12-10-18-16(19-11-12)13-6-14(20-2)8-15(7-13)21-3/h6-8,10-11,17H,4-5,9H2,1-3H3. The zero-order valence-corrected chi connectivity index (χ0v) is 12.7. The summed E-state index contributed by atoms with van der Waals surface area (Å²) >= 11 is 0. The summed E-state index contributed by atoms with van der Waals surface area (Å²) < 4.78 is 10.5. The highest BCUT2D eigenvalue weighted by molar-refractivity contribution is 5.60. The van der Waals surface area contributed by atoms with Gasteiger partial charge in [0.2, 0.25) is 0 Å². The van der Waals surface area contributed by atoms with Gasteiger partial charge in [-0.2, -0.15) is 0 Å². The highest BCUT2D eigenvalue weighted by Crippen LogP contribution is 2.27. The minimum atomic E-state index is 0.659. The lowest BCUT2D eigenvalue weighted by atomic mass is 10.2. The molecule has 0 bridgehead atoms. The van der Waals surface area contributed by atoms with Crippen molar-refractivity contribution >= 4 is 0 Å². The topological polar surface area (TPSA) is 56.3 Å². The Kier molecular flexibility index (Phi) is 5.51. The lowest BCUT2D eigenvalue weighted by molar-refractivity contribution is 0.394. The van der Waals surface area contributed by atoms with Crippen molar-refractivity contribution in [3.8, 4) is 22.9 Å². The number of rotatable bonds is 7. The van der Waals surface area contributed by atoms with Crippen LogP contribution in [0.5, 0.6) is 11.5 Å². The van der Waals surface area contributed by atoms with Crippen LogP contribution in [0.15, 0.2) is 30.6 Å². The molecule has 0 fully saturated rings. The summed E-state index contributed by atoms with van der Waals surface area (Å²) in [6, 6.07) is 5.62. The number of nitrogens with zero attached hydrogens (tertiary/aromatic N) is 2. The number of hydrogen-bond acceptors (Lipinski definition) is 5. The van der Waals surface area contributed by atoms with Crippen LogP contribution in [-0.2, 0) is 6.54 Å². The maximum atomic E-state index is 5.26. The molecule has 2 rings (SSSR count). The summed E-state index contributed by atoms with van der Waals surface area (Å²) in [5.41, 5.74) is 1.95. The average molecular weight is 287 g/mol. The second kappa shape index (κ2) is 7.59. The number of benzene rings is 1. The molecule has 5 heteroatoms. The summed E-state index contributed by atoms with van der Waals surface area (Å²) in [4.78, 5) is 8.83. The minimum Gasteiger partial charge on any atom is -0.497 e. The molecule has 0 aliphatic heterocycles. The van der Waals surface area contributed by atoms with Crippen LogP contribution in [0.1, 0.15) is 18.9 Å². The molecular weight excluding hydrogens is 266 g/mol. The zero-order chi connectivity index (χ0) is 15.1. The van der Waals surface area contributed by atoms with E-state index in [1.54, 1.807) is 14.2 Å². The van der Waals surface area contributed by atoms with Crippen LogP contribution in [0.4, 0.5) is 0 Å². The number of ether oxygens (including phenoxy) is 2. The fraction of sp³-hybridized carbons (Fsp3) is 0.375. The van der Waals surface area contributed by atoms with E-state index >= 15 is 0 Å². The fourth-order valence-corrected chi connectivity index (χ4v) is 1.94. The summed E-state index contributed by atoms with van der Waals surface area (Å²) in [7, 11) is 3.25. The van der Waals surface area contributed by atoms with Gasteiger partial charge >= 0.3 is 0 Å². The number of hydrogen-bond donors (Lipinski definition) is 1. The summed E-state index contributed by atoms with van der Waals surface area (Å²) in [5.74, 6) is 2.11. The third-order valence-electron chi connectivity index (χ3n) is 3.07. The predicted molar refractivity (Wildman–Crippen MR) is 82.6 cm³/mol. The first kappa shape index (κ1) is 15.3. The minimum absolute atomic E-state index is 0.659. The fourth-order valence-electron chi connectivity index (χ4n) is 1.94. The van der Waals surface area contributed by atoms with Crippen molar-refractivity contribution in [2.45, 2.75) is 19.9 Å². The smallest absolute Gasteiger partial charge is 0.159 e. The van der Waals surface area contributed by atoms with Gasteiger partial charge in [-0.05, 0) is 25.1 Å². The molecule has 1 N–H and O–H groups in total. The van der Waals surface area contributed by atoms with Gasteiger partial charge < -0.3 is 14.8 Å². The first-order valence-electron chi connectivity index (χ1n) is 7.02. The molecule has 0 aliphatic carbocycles. The van der Waals surface area contributed by atoms with Gasteiger partial charge in [0.1, 0.15) is 11.5 Å². The van der Waals surface area contributed by atoms with Crippen molar-refractivity contribution in [3.63, 3.8) is 0 Å². The largest absolute Gasteiger partial charge is 0.497 e. The molecule has 0 spiro atoms. The first-order chi connectivity index (χ1) is 10.3. The Labute approximate surface area is 125 Å². The molecule has 2 aromatic rings. The number of aromatic nitrogens is 2. The lowest BCUT2D eigenvalue weighted by Crippen LogP contribution is -2.14. The quantitative estimate of drug-likeness (QED) is 0.793. The summed E-state index contributed by atoms with van der Waals surface area (Å²) in [5, 5.41) is 3.33. The molecule has 21 heavy (non-hydrogen) atoms. The molecule has 5 nitrogen and oxygen atoms in total. The Bertz CT molecular complexity index is 548. The Morgan fingerprint density at radius 1 is 1.00 bits per heavy atom. The normalized spacial score (nSPS) is 10.4. The van der Waals surface area contributed by atoms with Crippen LogP contribution in [0.25, 0.3) is 11.4 Å². The van der Waals surface area contributed by atoms with Gasteiger partial charge in [-0.3, -0.25) is 0 Å². The number of methoxy groups -OCH3 is 2. The Morgan fingerprint density at radius 2 is 1.62 bits per heavy atom. The van der Waals surface area contributed by atoms with Gasteiger partial charge in [-0.25, -0.2) is 9.97 Å². The lowest BCUT2D eigenvalue weighted by Gasteiger charge is -2.08. The van der Waals surface area contributed by atoms with E-state index in [9.17, 15) is 0 Å². The predicted octanol–water partition coefficient (Wildman–Crippen LogP) is 2.66. The van der Waals surface area contributed by atoms with E-state index in [1.807, 2.05) is 30.6 Å². The molecule has 0 amide bonds. The molecule has 0 aliphatic rings. The summed E-state index contributed by atoms with van der Waals surface area (Å²) in [6.07, 6.45) is 4.80. The van der Waals surface area contributed by atoms with Crippen molar-refractivity contribution in [1.82, 2.24) is 15.3 Å². The van der Waals surface area contributed by atoms with Crippen LogP contribution in [0.3, 0.4) is 0 Å². The molecule has 1 heterocycles. The van der Waals surface area contributed by atoms with E-state index in [-0.39, 0.29) is 0 Å². The molecule has 0 unspecified atom stereocenters. The maximum Gasteiger partial charge on any atom is 0.159 e. The van der Waals surface area contributed by atoms with Crippen molar-refractivity contribution in [1.29, 1.82) is 0 Å². The third kappa shape index (κ3) is 4.16. The maximum absolute atomic E-state index is 5.26. The molecule has 112 valence electrons. The second-order valence-corrected chi connectivity index (χ2v) is 4.69. The van der Waals surface area contributed by atoms with Gasteiger partial charge in [-0.15, -0.1) is 0 Å². The highest BCUT2D eigenvalue weighted by atomic mass is 16.5. The SMILES string of the molecule is CCCNCc1cnc(-c2cc(OC)cc(OC)c2)nc1. The second-order valence-electron chi connectivity index (χ2n) is 4.69. The van der Waals surface area contributed by atoms with Gasteiger partial charge in [0.25, 0.3) is 0 Å². The molecular formula is C16H21N3O2. The average Bonchev–Trinajstić information content (AvgIpc) is 2.55. The highest BCUT2D eigenvalue weighted by Gasteiger charge is 2.06. The van der Waals surface area contributed by atoms with E-state index in [0.29, 0.717) is 5.82 Å². The Balaban J connectivity index is 2.18.